The van der Waals surface area contributed by atoms with Crippen LogP contribution >= 0.6 is 0 Å². The van der Waals surface area contributed by atoms with Gasteiger partial charge >= 0.3 is 6.03 Å². The highest BCUT2D eigenvalue weighted by Gasteiger charge is 2.70. The molecule has 0 spiro atoms. The van der Waals surface area contributed by atoms with Crippen molar-refractivity contribution in [3.63, 3.8) is 0 Å². The summed E-state index contributed by atoms with van der Waals surface area (Å²) in [5.41, 5.74) is 0.933. The number of fused-ring (bicyclic) bond motifs is 2. The fraction of sp³-hybridized carbons (Fsp3) is 0.583. The molecule has 3 aliphatic rings. The average Bonchev–Trinajstić information content (AvgIpc) is 3.28. The zero-order valence-electron chi connectivity index (χ0n) is 28.2. The van der Waals surface area contributed by atoms with E-state index in [0.29, 0.717) is 32.2 Å². The number of piperidine rings is 1. The fourth-order valence-corrected chi connectivity index (χ4v) is 7.40. The molecule has 0 aromatic heterocycles. The summed E-state index contributed by atoms with van der Waals surface area (Å²) in [6.45, 7) is 19.8. The lowest BCUT2D eigenvalue weighted by atomic mass is 9.78. The molecule has 46 heavy (non-hydrogen) atoms. The molecule has 0 bridgehead atoms. The largest absolute Gasteiger partial charge is 0.349 e. The first kappa shape index (κ1) is 34.9. The third-order valence-corrected chi connectivity index (χ3v) is 9.93. The first-order chi connectivity index (χ1) is 21.5. The molecule has 2 fully saturated rings. The van der Waals surface area contributed by atoms with Crippen molar-refractivity contribution in [1.29, 1.82) is 0 Å². The van der Waals surface area contributed by atoms with Crippen LogP contribution in [-0.4, -0.2) is 71.2 Å². The molecule has 4 N–H and O–H groups in total. The van der Waals surface area contributed by atoms with Gasteiger partial charge in [-0.3, -0.25) is 19.2 Å². The summed E-state index contributed by atoms with van der Waals surface area (Å²) < 4.78 is 0. The molecule has 5 unspecified atom stereocenters. The maximum atomic E-state index is 14.7. The zero-order chi connectivity index (χ0) is 34.0. The topological polar surface area (TPSA) is 137 Å². The summed E-state index contributed by atoms with van der Waals surface area (Å²) in [5, 5.41) is 11.3. The molecule has 5 amide bonds. The molecule has 1 saturated heterocycles. The monoisotopic (exact) mass is 633 g/mol. The Morgan fingerprint density at radius 1 is 0.978 bits per heavy atom. The molecule has 1 saturated carbocycles. The van der Waals surface area contributed by atoms with E-state index in [1.54, 1.807) is 17.1 Å². The first-order valence-corrected chi connectivity index (χ1v) is 16.3. The van der Waals surface area contributed by atoms with Gasteiger partial charge in [-0.05, 0) is 81.3 Å². The van der Waals surface area contributed by atoms with Gasteiger partial charge in [0.1, 0.15) is 12.1 Å². The summed E-state index contributed by atoms with van der Waals surface area (Å²) in [7, 11) is 0. The number of rotatable bonds is 13. The molecule has 1 aliphatic heterocycles. The molecule has 0 radical (unpaired) electrons. The highest BCUT2D eigenvalue weighted by molar-refractivity contribution is 6.38. The van der Waals surface area contributed by atoms with E-state index in [1.165, 1.54) is 0 Å². The molecule has 1 aromatic rings. The van der Waals surface area contributed by atoms with Gasteiger partial charge in [-0.15, -0.1) is 13.2 Å². The second-order valence-electron chi connectivity index (χ2n) is 15.1. The number of Topliss-reactive ketones (excluding diaryl/α,β-unsaturated/α-hetero) is 1. The highest BCUT2D eigenvalue weighted by atomic mass is 16.2. The molecule has 4 rings (SSSR count). The molecule has 1 aromatic carbocycles. The molecule has 10 heteroatoms. The van der Waals surface area contributed by atoms with Gasteiger partial charge in [0, 0.05) is 24.0 Å². The SMILES string of the molecule is C=CCCNC(=O)C(=O)C(CCC=C)NC(=O)C1C2C(CN1C(=O)C(NC(=O)NC(C)(C)C)C1(C)Cc3ccccc3C1)C2(C)C. The second kappa shape index (κ2) is 13.4. The Morgan fingerprint density at radius 2 is 1.59 bits per heavy atom. The first-order valence-electron chi connectivity index (χ1n) is 16.3. The molecule has 10 nitrogen and oxygen atoms in total. The van der Waals surface area contributed by atoms with Gasteiger partial charge < -0.3 is 26.2 Å². The molecule has 250 valence electrons. The summed E-state index contributed by atoms with van der Waals surface area (Å²) in [4.78, 5) is 69.5. The Hall–Kier alpha value is -3.95. The van der Waals surface area contributed by atoms with Crippen LogP contribution in [0.5, 0.6) is 0 Å². The van der Waals surface area contributed by atoms with Gasteiger partial charge in [-0.25, -0.2) is 4.79 Å². The van der Waals surface area contributed by atoms with E-state index in [2.05, 4.69) is 60.4 Å². The Labute approximate surface area is 273 Å². The summed E-state index contributed by atoms with van der Waals surface area (Å²) >= 11 is 0. The number of ketones is 1. The normalized spacial score (nSPS) is 23.2. The number of carbonyl (C=O) groups is 5. The Morgan fingerprint density at radius 3 is 2.15 bits per heavy atom. The standard InChI is InChI=1S/C36H51N5O5/c1-9-11-17-25(28(42)31(44)37-18-12-10-2)38-30(43)27-26-24(35(26,6)7)21-41(27)32(45)29(39-33(46)40-34(3,4)5)36(8)19-22-15-13-14-16-23(22)20-36/h9-10,13-16,24-27,29H,1-2,11-12,17-21H2,3-8H3,(H,37,44)(H,38,43)(H2,39,40,46). The van der Waals surface area contributed by atoms with Crippen LogP contribution in [0.4, 0.5) is 4.79 Å². The van der Waals surface area contributed by atoms with E-state index in [-0.39, 0.29) is 36.1 Å². The van der Waals surface area contributed by atoms with Crippen LogP contribution in [0.25, 0.3) is 0 Å². The lowest BCUT2D eigenvalue weighted by Crippen LogP contribution is -2.63. The van der Waals surface area contributed by atoms with E-state index in [4.69, 9.17) is 0 Å². The number of benzene rings is 1. The second-order valence-corrected chi connectivity index (χ2v) is 15.1. The minimum Gasteiger partial charge on any atom is -0.349 e. The number of hydrogen-bond acceptors (Lipinski definition) is 5. The number of allylic oxidation sites excluding steroid dienone is 1. The third kappa shape index (κ3) is 7.37. The summed E-state index contributed by atoms with van der Waals surface area (Å²) in [6.07, 6.45) is 5.58. The predicted octanol–water partition coefficient (Wildman–Crippen LogP) is 3.45. The minimum atomic E-state index is -1.07. The van der Waals surface area contributed by atoms with E-state index in [9.17, 15) is 24.0 Å². The van der Waals surface area contributed by atoms with E-state index < -0.39 is 52.7 Å². The van der Waals surface area contributed by atoms with Gasteiger partial charge in [-0.2, -0.15) is 0 Å². The zero-order valence-corrected chi connectivity index (χ0v) is 28.2. The number of hydrogen-bond donors (Lipinski definition) is 4. The number of nitrogens with one attached hydrogen (secondary N) is 4. The van der Waals surface area contributed by atoms with E-state index >= 15 is 0 Å². The number of carbonyl (C=O) groups excluding carboxylic acids is 5. The maximum absolute atomic E-state index is 14.7. The van der Waals surface area contributed by atoms with Crippen LogP contribution in [0, 0.1) is 22.7 Å². The predicted molar refractivity (Wildman–Crippen MR) is 178 cm³/mol. The van der Waals surface area contributed by atoms with Gasteiger partial charge in [-0.1, -0.05) is 57.2 Å². The van der Waals surface area contributed by atoms with Crippen molar-refractivity contribution in [1.82, 2.24) is 26.2 Å². The molecular weight excluding hydrogens is 582 g/mol. The van der Waals surface area contributed by atoms with Crippen LogP contribution in [0.15, 0.2) is 49.6 Å². The van der Waals surface area contributed by atoms with Crippen molar-refractivity contribution in [2.45, 2.75) is 97.3 Å². The molecule has 1 heterocycles. The summed E-state index contributed by atoms with van der Waals surface area (Å²) in [6, 6.07) is 4.77. The number of nitrogens with zero attached hydrogens (tertiary/aromatic N) is 1. The molecule has 2 aliphatic carbocycles. The van der Waals surface area contributed by atoms with Crippen LogP contribution < -0.4 is 21.3 Å². The number of urea groups is 1. The van der Waals surface area contributed by atoms with E-state index in [1.807, 2.05) is 39.8 Å². The van der Waals surface area contributed by atoms with Gasteiger partial charge in [0.2, 0.25) is 17.6 Å². The van der Waals surface area contributed by atoms with Gasteiger partial charge in [0.05, 0.1) is 6.04 Å². The fourth-order valence-electron chi connectivity index (χ4n) is 7.40. The number of amides is 5. The maximum Gasteiger partial charge on any atom is 0.315 e. The highest BCUT2D eigenvalue weighted by Crippen LogP contribution is 2.65. The Bertz CT molecular complexity index is 1370. The Balaban J connectivity index is 1.62. The number of likely N-dealkylation sites (tertiary alicyclic amines) is 1. The lowest BCUT2D eigenvalue weighted by molar-refractivity contribution is -0.145. The van der Waals surface area contributed by atoms with Crippen LogP contribution in [0.3, 0.4) is 0 Å². The van der Waals surface area contributed by atoms with Crippen molar-refractivity contribution < 1.29 is 24.0 Å². The van der Waals surface area contributed by atoms with Crippen LogP contribution in [0.2, 0.25) is 0 Å². The van der Waals surface area contributed by atoms with Gasteiger partial charge in [0.25, 0.3) is 5.91 Å². The van der Waals surface area contributed by atoms with Gasteiger partial charge in [0.15, 0.2) is 0 Å². The molecule has 5 atom stereocenters. The third-order valence-electron chi connectivity index (χ3n) is 9.93. The average molecular weight is 634 g/mol. The van der Waals surface area contributed by atoms with Crippen molar-refractivity contribution in [3.8, 4) is 0 Å². The van der Waals surface area contributed by atoms with Crippen molar-refractivity contribution in [2.75, 3.05) is 13.1 Å². The van der Waals surface area contributed by atoms with E-state index in [0.717, 1.165) is 11.1 Å². The quantitative estimate of drug-likeness (QED) is 0.150. The lowest BCUT2D eigenvalue weighted by Gasteiger charge is -2.40. The van der Waals surface area contributed by atoms with Crippen molar-refractivity contribution in [2.24, 2.45) is 22.7 Å². The van der Waals surface area contributed by atoms with Crippen molar-refractivity contribution in [3.05, 3.63) is 60.7 Å². The van der Waals surface area contributed by atoms with Crippen molar-refractivity contribution >= 4 is 29.5 Å². The molecular formula is C36H51N5O5. The smallest absolute Gasteiger partial charge is 0.315 e. The minimum absolute atomic E-state index is 0.0920. The van der Waals surface area contributed by atoms with Crippen LogP contribution in [0.1, 0.15) is 71.9 Å². The van der Waals surface area contributed by atoms with Crippen LogP contribution in [-0.2, 0) is 32.0 Å². The summed E-state index contributed by atoms with van der Waals surface area (Å²) in [5.74, 6) is -2.33. The Kier molecular flexibility index (Phi) is 10.2.